The lowest BCUT2D eigenvalue weighted by molar-refractivity contribution is 0.0217. The third-order valence-electron chi connectivity index (χ3n) is 3.57. The highest BCUT2D eigenvalue weighted by atomic mass is 19.1. The van der Waals surface area contributed by atoms with Crippen LogP contribution in [0.4, 0.5) is 9.18 Å². The number of rotatable bonds is 1. The summed E-state index contributed by atoms with van der Waals surface area (Å²) in [7, 11) is 0. The van der Waals surface area contributed by atoms with Crippen LogP contribution in [0, 0.1) is 5.82 Å². The van der Waals surface area contributed by atoms with Crippen molar-refractivity contribution in [1.82, 2.24) is 19.5 Å². The van der Waals surface area contributed by atoms with Gasteiger partial charge in [0.25, 0.3) is 0 Å². The smallest absolute Gasteiger partial charge is 0.410 e. The number of halogens is 1. The molecule has 2 aromatic heterocycles. The Bertz CT molecular complexity index is 707. The zero-order valence-electron chi connectivity index (χ0n) is 12.9. The molecule has 7 heteroatoms. The Morgan fingerprint density at radius 1 is 1.36 bits per heavy atom. The Kier molecular flexibility index (Phi) is 3.50. The zero-order valence-corrected chi connectivity index (χ0v) is 12.9. The molecule has 1 atom stereocenters. The summed E-state index contributed by atoms with van der Waals surface area (Å²) in [4.78, 5) is 14.0. The lowest BCUT2D eigenvalue weighted by Crippen LogP contribution is -2.37. The highest BCUT2D eigenvalue weighted by molar-refractivity contribution is 5.69. The number of fused-ring (bicyclic) bond motifs is 1. The van der Waals surface area contributed by atoms with Gasteiger partial charge in [-0.1, -0.05) is 0 Å². The van der Waals surface area contributed by atoms with Crippen molar-refractivity contribution < 1.29 is 13.9 Å². The van der Waals surface area contributed by atoms with Gasteiger partial charge in [-0.05, 0) is 45.7 Å². The molecule has 0 spiro atoms. The maximum absolute atomic E-state index is 13.5. The monoisotopic (exact) mass is 306 g/mol. The molecule has 3 rings (SSSR count). The largest absolute Gasteiger partial charge is 0.444 e. The van der Waals surface area contributed by atoms with Crippen LogP contribution in [0.2, 0.25) is 0 Å². The van der Waals surface area contributed by atoms with Crippen molar-refractivity contribution in [3.8, 4) is 0 Å². The summed E-state index contributed by atoms with van der Waals surface area (Å²) in [5, 5.41) is 8.18. The van der Waals surface area contributed by atoms with E-state index in [0.29, 0.717) is 18.0 Å². The summed E-state index contributed by atoms with van der Waals surface area (Å²) in [5.41, 5.74) is 0.0101. The summed E-state index contributed by atoms with van der Waals surface area (Å²) in [5.74, 6) is 0.202. The van der Waals surface area contributed by atoms with Crippen molar-refractivity contribution in [2.45, 2.75) is 45.3 Å². The van der Waals surface area contributed by atoms with Crippen molar-refractivity contribution >= 4 is 11.7 Å². The molecule has 0 aromatic carbocycles. The van der Waals surface area contributed by atoms with Crippen LogP contribution in [-0.4, -0.2) is 37.7 Å². The Morgan fingerprint density at radius 3 is 2.86 bits per heavy atom. The number of hydrogen-bond acceptors (Lipinski definition) is 4. The molecule has 1 saturated heterocycles. The average Bonchev–Trinajstić information content (AvgIpc) is 3.01. The Hall–Kier alpha value is -2.18. The van der Waals surface area contributed by atoms with Gasteiger partial charge in [-0.15, -0.1) is 10.2 Å². The first-order chi connectivity index (χ1) is 10.3. The molecule has 0 aliphatic carbocycles. The van der Waals surface area contributed by atoms with Crippen LogP contribution >= 0.6 is 0 Å². The molecule has 1 fully saturated rings. The number of hydrogen-bond donors (Lipinski definition) is 0. The van der Waals surface area contributed by atoms with E-state index < -0.39 is 5.60 Å². The molecule has 0 saturated carbocycles. The molecular formula is C15H19FN4O2. The van der Waals surface area contributed by atoms with Crippen LogP contribution in [0.5, 0.6) is 0 Å². The molecule has 0 unspecified atom stereocenters. The molecule has 22 heavy (non-hydrogen) atoms. The molecular weight excluding hydrogens is 287 g/mol. The fraction of sp³-hybridized carbons (Fsp3) is 0.533. The van der Waals surface area contributed by atoms with Crippen molar-refractivity contribution in [3.63, 3.8) is 0 Å². The van der Waals surface area contributed by atoms with Crippen LogP contribution in [0.15, 0.2) is 18.3 Å². The minimum Gasteiger partial charge on any atom is -0.444 e. The van der Waals surface area contributed by atoms with E-state index in [1.54, 1.807) is 15.4 Å². The fourth-order valence-electron chi connectivity index (χ4n) is 2.68. The Labute approximate surface area is 127 Å². The minimum atomic E-state index is -0.552. The van der Waals surface area contributed by atoms with Gasteiger partial charge in [-0.25, -0.2) is 9.18 Å². The molecule has 118 valence electrons. The van der Waals surface area contributed by atoms with Crippen LogP contribution in [-0.2, 0) is 4.74 Å². The van der Waals surface area contributed by atoms with Crippen molar-refractivity contribution in [2.75, 3.05) is 6.54 Å². The van der Waals surface area contributed by atoms with Crippen LogP contribution < -0.4 is 0 Å². The second-order valence-corrected chi connectivity index (χ2v) is 6.47. The van der Waals surface area contributed by atoms with Crippen molar-refractivity contribution in [3.05, 3.63) is 30.0 Å². The van der Waals surface area contributed by atoms with Gasteiger partial charge >= 0.3 is 6.09 Å². The van der Waals surface area contributed by atoms with E-state index in [-0.39, 0.29) is 18.0 Å². The maximum atomic E-state index is 13.5. The Balaban J connectivity index is 1.92. The molecule has 0 N–H and O–H groups in total. The number of likely N-dealkylation sites (tertiary alicyclic amines) is 1. The average molecular weight is 306 g/mol. The molecule has 2 aromatic rings. The van der Waals surface area contributed by atoms with Gasteiger partial charge in [0.15, 0.2) is 11.5 Å². The zero-order chi connectivity index (χ0) is 15.9. The topological polar surface area (TPSA) is 59.7 Å². The van der Waals surface area contributed by atoms with Crippen LogP contribution in [0.25, 0.3) is 5.65 Å². The first-order valence-electron chi connectivity index (χ1n) is 7.35. The predicted molar refractivity (Wildman–Crippen MR) is 77.9 cm³/mol. The van der Waals surface area contributed by atoms with Crippen LogP contribution in [0.1, 0.15) is 45.5 Å². The van der Waals surface area contributed by atoms with E-state index >= 15 is 0 Å². The summed E-state index contributed by atoms with van der Waals surface area (Å²) in [6.07, 6.45) is 2.59. The second kappa shape index (κ2) is 5.23. The fourth-order valence-corrected chi connectivity index (χ4v) is 2.68. The van der Waals surface area contributed by atoms with E-state index in [9.17, 15) is 9.18 Å². The normalized spacial score (nSPS) is 18.9. The number of amides is 1. The SMILES string of the molecule is CC(C)(C)OC(=O)N1CCC[C@H]1c1nnc2ccc(F)cn12. The highest BCUT2D eigenvalue weighted by Crippen LogP contribution is 2.32. The van der Waals surface area contributed by atoms with E-state index in [4.69, 9.17) is 4.74 Å². The van der Waals surface area contributed by atoms with Gasteiger partial charge < -0.3 is 4.74 Å². The molecule has 1 aliphatic heterocycles. The van der Waals surface area contributed by atoms with E-state index in [1.807, 2.05) is 20.8 Å². The third-order valence-corrected chi connectivity index (χ3v) is 3.57. The van der Waals surface area contributed by atoms with E-state index in [1.165, 1.54) is 12.3 Å². The number of nitrogens with zero attached hydrogens (tertiary/aromatic N) is 4. The number of ether oxygens (including phenoxy) is 1. The lowest BCUT2D eigenvalue weighted by Gasteiger charge is -2.27. The van der Waals surface area contributed by atoms with E-state index in [2.05, 4.69) is 10.2 Å². The maximum Gasteiger partial charge on any atom is 0.410 e. The van der Waals surface area contributed by atoms with Gasteiger partial charge in [0.1, 0.15) is 11.4 Å². The molecule has 3 heterocycles. The van der Waals surface area contributed by atoms with Gasteiger partial charge in [-0.2, -0.15) is 0 Å². The standard InChI is InChI=1S/C15H19FN4O2/c1-15(2,3)22-14(21)19-8-4-5-11(19)13-18-17-12-7-6-10(16)9-20(12)13/h6-7,9,11H,4-5,8H2,1-3H3/t11-/m0/s1. The number of carbonyl (C=O) groups excluding carboxylic acids is 1. The third kappa shape index (κ3) is 2.75. The lowest BCUT2D eigenvalue weighted by atomic mass is 10.2. The van der Waals surface area contributed by atoms with Gasteiger partial charge in [0, 0.05) is 12.7 Å². The molecule has 1 amide bonds. The summed E-state index contributed by atoms with van der Waals surface area (Å²) in [6.45, 7) is 6.09. The van der Waals surface area contributed by atoms with E-state index in [0.717, 1.165) is 12.8 Å². The quantitative estimate of drug-likeness (QED) is 0.813. The minimum absolute atomic E-state index is 0.244. The van der Waals surface area contributed by atoms with Crippen molar-refractivity contribution in [2.24, 2.45) is 0 Å². The first-order valence-corrected chi connectivity index (χ1v) is 7.35. The summed E-state index contributed by atoms with van der Waals surface area (Å²) < 4.78 is 20.5. The summed E-state index contributed by atoms with van der Waals surface area (Å²) in [6, 6.07) is 2.67. The van der Waals surface area contributed by atoms with Gasteiger partial charge in [0.05, 0.1) is 6.04 Å². The van der Waals surface area contributed by atoms with Crippen LogP contribution in [0.3, 0.4) is 0 Å². The first kappa shape index (κ1) is 14.7. The summed E-state index contributed by atoms with van der Waals surface area (Å²) >= 11 is 0. The molecule has 0 bridgehead atoms. The number of carbonyl (C=O) groups is 1. The number of aromatic nitrogens is 3. The van der Waals surface area contributed by atoms with Crippen molar-refractivity contribution in [1.29, 1.82) is 0 Å². The molecule has 0 radical (unpaired) electrons. The molecule has 1 aliphatic rings. The highest BCUT2D eigenvalue weighted by Gasteiger charge is 2.35. The number of pyridine rings is 1. The molecule has 6 nitrogen and oxygen atoms in total. The Morgan fingerprint density at radius 2 is 2.14 bits per heavy atom. The van der Waals surface area contributed by atoms with Gasteiger partial charge in [-0.3, -0.25) is 9.30 Å². The van der Waals surface area contributed by atoms with Gasteiger partial charge in [0.2, 0.25) is 0 Å². The second-order valence-electron chi connectivity index (χ2n) is 6.47. The predicted octanol–water partition coefficient (Wildman–Crippen LogP) is 2.94.